The average Bonchev–Trinajstić information content (AvgIpc) is 2.98. The summed E-state index contributed by atoms with van der Waals surface area (Å²) in [7, 11) is 0. The van der Waals surface area contributed by atoms with Crippen molar-refractivity contribution in [2.24, 2.45) is 5.41 Å². The maximum Gasteiger partial charge on any atom is 0.330 e. The third-order valence-electron chi connectivity index (χ3n) is 5.50. The Hall–Kier alpha value is -2.30. The Morgan fingerprint density at radius 1 is 1.19 bits per heavy atom. The van der Waals surface area contributed by atoms with E-state index >= 15 is 0 Å². The van der Waals surface area contributed by atoms with Crippen molar-refractivity contribution in [1.82, 2.24) is 9.55 Å². The molecule has 1 saturated heterocycles. The number of hydrogen-bond acceptors (Lipinski definition) is 7. The van der Waals surface area contributed by atoms with Gasteiger partial charge in [-0.3, -0.25) is 14.3 Å². The van der Waals surface area contributed by atoms with Gasteiger partial charge in [0, 0.05) is 6.20 Å². The van der Waals surface area contributed by atoms with Crippen LogP contribution in [0.4, 0.5) is 0 Å². The van der Waals surface area contributed by atoms with E-state index in [9.17, 15) is 24.9 Å². The molecule has 0 radical (unpaired) electrons. The minimum atomic E-state index is -1.44. The van der Waals surface area contributed by atoms with E-state index < -0.39 is 42.4 Å². The second-order valence-electron chi connectivity index (χ2n) is 8.96. The van der Waals surface area contributed by atoms with Gasteiger partial charge in [-0.25, -0.2) is 4.79 Å². The van der Waals surface area contributed by atoms with Gasteiger partial charge in [-0.1, -0.05) is 45.0 Å². The van der Waals surface area contributed by atoms with Crippen LogP contribution in [-0.4, -0.2) is 49.8 Å². The molecule has 1 aliphatic rings. The normalized spacial score (nSPS) is 25.0. The monoisotopic (exact) mass is 434 g/mol. The Balaban J connectivity index is 1.90. The van der Waals surface area contributed by atoms with Crippen molar-refractivity contribution in [3.05, 3.63) is 68.0 Å². The van der Waals surface area contributed by atoms with Gasteiger partial charge in [-0.15, -0.1) is 0 Å². The molecule has 5 atom stereocenters. The minimum absolute atomic E-state index is 0.0827. The highest BCUT2D eigenvalue weighted by Gasteiger charge is 2.44. The first-order chi connectivity index (χ1) is 14.5. The number of aliphatic hydroxyl groups excluding tert-OH is 3. The van der Waals surface area contributed by atoms with E-state index in [2.05, 4.69) is 4.98 Å². The molecule has 0 amide bonds. The minimum Gasteiger partial charge on any atom is -0.394 e. The lowest BCUT2D eigenvalue weighted by Crippen LogP contribution is -2.39. The van der Waals surface area contributed by atoms with Crippen LogP contribution in [0.1, 0.15) is 49.8 Å². The molecule has 31 heavy (non-hydrogen) atoms. The van der Waals surface area contributed by atoms with Crippen LogP contribution in [0.5, 0.6) is 0 Å². The molecule has 170 valence electrons. The molecule has 0 aliphatic carbocycles. The smallest absolute Gasteiger partial charge is 0.330 e. The van der Waals surface area contributed by atoms with E-state index in [1.54, 1.807) is 0 Å². The van der Waals surface area contributed by atoms with E-state index in [-0.39, 0.29) is 23.7 Å². The van der Waals surface area contributed by atoms with Crippen LogP contribution in [0.3, 0.4) is 0 Å². The van der Waals surface area contributed by atoms with E-state index in [1.807, 2.05) is 52.0 Å². The van der Waals surface area contributed by atoms with Crippen molar-refractivity contribution in [3.8, 4) is 0 Å². The van der Waals surface area contributed by atoms with Gasteiger partial charge < -0.3 is 24.8 Å². The van der Waals surface area contributed by atoms with Gasteiger partial charge >= 0.3 is 5.69 Å². The summed E-state index contributed by atoms with van der Waals surface area (Å²) >= 11 is 0. The molecule has 0 spiro atoms. The quantitative estimate of drug-likeness (QED) is 0.527. The Morgan fingerprint density at radius 2 is 1.87 bits per heavy atom. The number of benzene rings is 1. The molecule has 0 bridgehead atoms. The maximum atomic E-state index is 12.4. The van der Waals surface area contributed by atoms with E-state index in [4.69, 9.17) is 9.47 Å². The summed E-state index contributed by atoms with van der Waals surface area (Å²) in [5, 5.41) is 29.5. The Kier molecular flexibility index (Phi) is 6.82. The highest BCUT2D eigenvalue weighted by atomic mass is 16.6. The molecule has 9 nitrogen and oxygen atoms in total. The van der Waals surface area contributed by atoms with Crippen LogP contribution in [0.25, 0.3) is 0 Å². The average molecular weight is 434 g/mol. The third kappa shape index (κ3) is 4.81. The van der Waals surface area contributed by atoms with Crippen LogP contribution < -0.4 is 11.2 Å². The van der Waals surface area contributed by atoms with Crippen molar-refractivity contribution in [3.63, 3.8) is 0 Å². The first-order valence-electron chi connectivity index (χ1n) is 10.2. The highest BCUT2D eigenvalue weighted by Crippen LogP contribution is 2.38. The number of hydrogen-bond donors (Lipinski definition) is 4. The van der Waals surface area contributed by atoms with Crippen molar-refractivity contribution < 1.29 is 24.8 Å². The molecule has 2 aromatic rings. The van der Waals surface area contributed by atoms with Gasteiger partial charge in [0.2, 0.25) is 0 Å². The van der Waals surface area contributed by atoms with Crippen LogP contribution in [0.15, 0.2) is 40.1 Å². The number of aliphatic hydroxyl groups is 3. The number of ether oxygens (including phenoxy) is 2. The fourth-order valence-corrected chi connectivity index (χ4v) is 3.79. The summed E-state index contributed by atoms with van der Waals surface area (Å²) in [6.07, 6.45) is -4.14. The number of nitrogens with zero attached hydrogens (tertiary/aromatic N) is 1. The van der Waals surface area contributed by atoms with Crippen molar-refractivity contribution >= 4 is 0 Å². The summed E-state index contributed by atoms with van der Waals surface area (Å²) in [6.45, 7) is 7.50. The second-order valence-corrected chi connectivity index (χ2v) is 8.96. The largest absolute Gasteiger partial charge is 0.394 e. The van der Waals surface area contributed by atoms with Crippen LogP contribution in [0, 0.1) is 12.3 Å². The molecule has 1 aromatic carbocycles. The van der Waals surface area contributed by atoms with E-state index in [1.165, 1.54) is 6.20 Å². The SMILES string of the molecule is Cc1ccccc1C(OCc1cn([C@@H]2O[C@H](CO)[C@@H](O)[C@H]2O)c(=O)[nH]c1=O)C(C)(C)C. The van der Waals surface area contributed by atoms with E-state index in [0.717, 1.165) is 15.7 Å². The third-order valence-corrected chi connectivity index (χ3v) is 5.50. The molecular formula is C22H30N2O7. The summed E-state index contributed by atoms with van der Waals surface area (Å²) in [5.74, 6) is 0. The fourth-order valence-electron chi connectivity index (χ4n) is 3.79. The molecule has 2 heterocycles. The summed E-state index contributed by atoms with van der Waals surface area (Å²) in [4.78, 5) is 26.9. The second kappa shape index (κ2) is 9.05. The van der Waals surface area contributed by atoms with Gasteiger partial charge in [0.25, 0.3) is 5.56 Å². The molecule has 1 aliphatic heterocycles. The predicted molar refractivity (Wildman–Crippen MR) is 112 cm³/mol. The molecule has 4 N–H and O–H groups in total. The standard InChI is InChI=1S/C22H30N2O7/c1-12-7-5-6-8-14(12)18(22(2,3)4)30-11-13-9-24(21(29)23-19(13)28)20-17(27)16(26)15(10-25)31-20/h5-9,15-18,20,25-27H,10-11H2,1-4H3,(H,23,28,29)/t15-,16-,17-,18?,20-/m1/s1. The molecule has 1 fully saturated rings. The molecular weight excluding hydrogens is 404 g/mol. The zero-order valence-corrected chi connectivity index (χ0v) is 18.1. The molecule has 1 unspecified atom stereocenters. The number of aromatic nitrogens is 2. The van der Waals surface area contributed by atoms with Gasteiger partial charge in [0.1, 0.15) is 18.3 Å². The number of rotatable bonds is 6. The van der Waals surface area contributed by atoms with Crippen LogP contribution >= 0.6 is 0 Å². The Morgan fingerprint density at radius 3 is 2.45 bits per heavy atom. The lowest BCUT2D eigenvalue weighted by molar-refractivity contribution is -0.0561. The van der Waals surface area contributed by atoms with Crippen molar-refractivity contribution in [1.29, 1.82) is 0 Å². The molecule has 3 rings (SSSR count). The topological polar surface area (TPSA) is 134 Å². The zero-order chi connectivity index (χ0) is 22.9. The number of aromatic amines is 1. The van der Waals surface area contributed by atoms with Crippen molar-refractivity contribution in [2.75, 3.05) is 6.61 Å². The lowest BCUT2D eigenvalue weighted by Gasteiger charge is -2.32. The lowest BCUT2D eigenvalue weighted by atomic mass is 9.83. The van der Waals surface area contributed by atoms with Gasteiger partial charge in [0.15, 0.2) is 6.23 Å². The number of H-pyrrole nitrogens is 1. The molecule has 1 aromatic heterocycles. The number of nitrogens with one attached hydrogen (secondary N) is 1. The maximum absolute atomic E-state index is 12.4. The first kappa shape index (κ1) is 23.4. The van der Waals surface area contributed by atoms with Crippen LogP contribution in [-0.2, 0) is 16.1 Å². The van der Waals surface area contributed by atoms with E-state index in [0.29, 0.717) is 0 Å². The highest BCUT2D eigenvalue weighted by molar-refractivity contribution is 5.29. The van der Waals surface area contributed by atoms with Gasteiger partial charge in [-0.05, 0) is 23.5 Å². The van der Waals surface area contributed by atoms with Crippen molar-refractivity contribution in [2.45, 2.75) is 64.9 Å². The molecule has 9 heteroatoms. The summed E-state index contributed by atoms with van der Waals surface area (Å²) in [5.41, 5.74) is 0.563. The van der Waals surface area contributed by atoms with Gasteiger partial charge in [-0.2, -0.15) is 0 Å². The Bertz CT molecular complexity index is 1020. The first-order valence-corrected chi connectivity index (χ1v) is 10.2. The predicted octanol–water partition coefficient (Wildman–Crippen LogP) is 0.761. The van der Waals surface area contributed by atoms with Gasteiger partial charge in [0.05, 0.1) is 24.9 Å². The number of aryl methyl sites for hydroxylation is 1. The van der Waals surface area contributed by atoms with Crippen LogP contribution in [0.2, 0.25) is 0 Å². The summed E-state index contributed by atoms with van der Waals surface area (Å²) < 4.78 is 12.6. The fraction of sp³-hybridized carbons (Fsp3) is 0.545. The molecule has 0 saturated carbocycles. The summed E-state index contributed by atoms with van der Waals surface area (Å²) in [6, 6.07) is 7.85. The Labute approximate surface area is 179 Å². The zero-order valence-electron chi connectivity index (χ0n) is 18.1.